The molecular formula is C18H13BrFN3O2S. The molecule has 3 aromatic rings. The molecule has 0 unspecified atom stereocenters. The molecule has 0 aliphatic carbocycles. The molecule has 1 aromatic heterocycles. The second-order valence-corrected chi connectivity index (χ2v) is 7.06. The number of amides is 2. The Balaban J connectivity index is 1.55. The number of aromatic nitrogens is 1. The minimum absolute atomic E-state index is 0.170. The Bertz CT molecular complexity index is 944. The van der Waals surface area contributed by atoms with Gasteiger partial charge >= 0.3 is 0 Å². The molecule has 0 spiro atoms. The van der Waals surface area contributed by atoms with Gasteiger partial charge in [0, 0.05) is 21.0 Å². The van der Waals surface area contributed by atoms with Crippen LogP contribution in [0.1, 0.15) is 10.4 Å². The molecule has 0 radical (unpaired) electrons. The zero-order valence-electron chi connectivity index (χ0n) is 13.3. The van der Waals surface area contributed by atoms with E-state index in [0.717, 1.165) is 10.0 Å². The molecule has 2 N–H and O–H groups in total. The van der Waals surface area contributed by atoms with Gasteiger partial charge in [0.25, 0.3) is 5.91 Å². The molecule has 0 aliphatic heterocycles. The SMILES string of the molecule is O=C(CNC(=O)c1cccc(Br)c1)Nc1nc(-c2ccc(F)cc2)cs1. The highest BCUT2D eigenvalue weighted by molar-refractivity contribution is 9.10. The van der Waals surface area contributed by atoms with Crippen molar-refractivity contribution in [3.8, 4) is 11.3 Å². The second-order valence-electron chi connectivity index (χ2n) is 5.29. The summed E-state index contributed by atoms with van der Waals surface area (Å²) in [5.41, 5.74) is 1.86. The maximum absolute atomic E-state index is 13.0. The summed E-state index contributed by atoms with van der Waals surface area (Å²) in [5, 5.41) is 7.36. The third-order valence-electron chi connectivity index (χ3n) is 3.39. The number of hydrogen-bond acceptors (Lipinski definition) is 4. The van der Waals surface area contributed by atoms with Crippen molar-refractivity contribution in [3.63, 3.8) is 0 Å². The van der Waals surface area contributed by atoms with Crippen molar-refractivity contribution in [2.75, 3.05) is 11.9 Å². The van der Waals surface area contributed by atoms with Crippen molar-refractivity contribution in [2.24, 2.45) is 0 Å². The van der Waals surface area contributed by atoms with Crippen LogP contribution in [0.15, 0.2) is 58.4 Å². The lowest BCUT2D eigenvalue weighted by Gasteiger charge is -2.05. The van der Waals surface area contributed by atoms with E-state index in [4.69, 9.17) is 0 Å². The van der Waals surface area contributed by atoms with Gasteiger partial charge in [0.05, 0.1) is 12.2 Å². The number of thiazole rings is 1. The van der Waals surface area contributed by atoms with Crippen LogP contribution >= 0.6 is 27.3 Å². The number of carbonyl (C=O) groups is 2. The molecule has 0 bridgehead atoms. The van der Waals surface area contributed by atoms with E-state index >= 15 is 0 Å². The van der Waals surface area contributed by atoms with Crippen LogP contribution in [-0.2, 0) is 4.79 Å². The molecule has 2 aromatic carbocycles. The van der Waals surface area contributed by atoms with E-state index in [-0.39, 0.29) is 24.2 Å². The molecular weight excluding hydrogens is 421 g/mol. The number of halogens is 2. The van der Waals surface area contributed by atoms with Gasteiger partial charge in [-0.2, -0.15) is 0 Å². The molecule has 8 heteroatoms. The molecule has 0 atom stereocenters. The predicted octanol–water partition coefficient (Wildman–Crippen LogP) is 4.08. The van der Waals surface area contributed by atoms with Gasteiger partial charge in [0.1, 0.15) is 5.82 Å². The van der Waals surface area contributed by atoms with E-state index in [9.17, 15) is 14.0 Å². The van der Waals surface area contributed by atoms with E-state index in [0.29, 0.717) is 16.4 Å². The van der Waals surface area contributed by atoms with Crippen molar-refractivity contribution >= 4 is 44.2 Å². The van der Waals surface area contributed by atoms with Gasteiger partial charge in [-0.15, -0.1) is 11.3 Å². The molecule has 132 valence electrons. The Morgan fingerprint density at radius 2 is 1.92 bits per heavy atom. The summed E-state index contributed by atoms with van der Waals surface area (Å²) in [6.45, 7) is -0.170. The van der Waals surface area contributed by atoms with Crippen molar-refractivity contribution in [1.29, 1.82) is 0 Å². The maximum Gasteiger partial charge on any atom is 0.251 e. The van der Waals surface area contributed by atoms with E-state index in [1.165, 1.54) is 23.5 Å². The first-order valence-corrected chi connectivity index (χ1v) is 9.23. The Kier molecular flexibility index (Phi) is 5.75. The van der Waals surface area contributed by atoms with Crippen LogP contribution in [0, 0.1) is 5.82 Å². The largest absolute Gasteiger partial charge is 0.343 e. The average molecular weight is 434 g/mol. The molecule has 0 saturated carbocycles. The third kappa shape index (κ3) is 4.74. The summed E-state index contributed by atoms with van der Waals surface area (Å²) >= 11 is 4.55. The summed E-state index contributed by atoms with van der Waals surface area (Å²) < 4.78 is 13.7. The van der Waals surface area contributed by atoms with Crippen LogP contribution < -0.4 is 10.6 Å². The fraction of sp³-hybridized carbons (Fsp3) is 0.0556. The van der Waals surface area contributed by atoms with Gasteiger partial charge < -0.3 is 10.6 Å². The molecule has 3 rings (SSSR count). The highest BCUT2D eigenvalue weighted by atomic mass is 79.9. The van der Waals surface area contributed by atoms with Crippen molar-refractivity contribution < 1.29 is 14.0 Å². The Morgan fingerprint density at radius 1 is 1.15 bits per heavy atom. The van der Waals surface area contributed by atoms with Crippen molar-refractivity contribution in [1.82, 2.24) is 10.3 Å². The quantitative estimate of drug-likeness (QED) is 0.636. The monoisotopic (exact) mass is 433 g/mol. The summed E-state index contributed by atoms with van der Waals surface area (Å²) in [6, 6.07) is 12.8. The van der Waals surface area contributed by atoms with E-state index < -0.39 is 0 Å². The second kappa shape index (κ2) is 8.20. The number of nitrogens with zero attached hydrogens (tertiary/aromatic N) is 1. The molecule has 26 heavy (non-hydrogen) atoms. The van der Waals surface area contributed by atoms with Crippen molar-refractivity contribution in [2.45, 2.75) is 0 Å². The number of hydrogen-bond donors (Lipinski definition) is 2. The van der Waals surface area contributed by atoms with Crippen LogP contribution in [0.3, 0.4) is 0 Å². The minimum atomic E-state index is -0.381. The number of nitrogens with one attached hydrogen (secondary N) is 2. The zero-order chi connectivity index (χ0) is 18.5. The minimum Gasteiger partial charge on any atom is -0.343 e. The molecule has 2 amide bonds. The van der Waals surface area contributed by atoms with Crippen LogP contribution in [0.4, 0.5) is 9.52 Å². The van der Waals surface area contributed by atoms with Gasteiger partial charge in [0.15, 0.2) is 5.13 Å². The topological polar surface area (TPSA) is 71.1 Å². The standard InChI is InChI=1S/C18H13BrFN3O2S/c19-13-3-1-2-12(8-13)17(25)21-9-16(24)23-18-22-15(10-26-18)11-4-6-14(20)7-5-11/h1-8,10H,9H2,(H,21,25)(H,22,23,24). The zero-order valence-corrected chi connectivity index (χ0v) is 15.7. The highest BCUT2D eigenvalue weighted by Crippen LogP contribution is 2.24. The van der Waals surface area contributed by atoms with E-state index in [2.05, 4.69) is 31.5 Å². The van der Waals surface area contributed by atoms with E-state index in [1.54, 1.807) is 35.7 Å². The van der Waals surface area contributed by atoms with Crippen LogP contribution in [-0.4, -0.2) is 23.3 Å². The fourth-order valence-electron chi connectivity index (χ4n) is 2.14. The summed E-state index contributed by atoms with van der Waals surface area (Å²) in [6.07, 6.45) is 0. The lowest BCUT2D eigenvalue weighted by molar-refractivity contribution is -0.115. The number of anilines is 1. The lowest BCUT2D eigenvalue weighted by atomic mass is 10.2. The van der Waals surface area contributed by atoms with Gasteiger partial charge in [-0.3, -0.25) is 9.59 Å². The smallest absolute Gasteiger partial charge is 0.251 e. The summed E-state index contributed by atoms with van der Waals surface area (Å²) in [4.78, 5) is 28.3. The molecule has 0 aliphatic rings. The summed E-state index contributed by atoms with van der Waals surface area (Å²) in [7, 11) is 0. The van der Waals surface area contributed by atoms with Crippen molar-refractivity contribution in [3.05, 3.63) is 69.8 Å². The molecule has 5 nitrogen and oxygen atoms in total. The number of benzene rings is 2. The molecule has 0 fully saturated rings. The van der Waals surface area contributed by atoms with Gasteiger partial charge in [-0.05, 0) is 42.5 Å². The predicted molar refractivity (Wildman–Crippen MR) is 103 cm³/mol. The van der Waals surface area contributed by atoms with Crippen LogP contribution in [0.2, 0.25) is 0 Å². The first-order valence-electron chi connectivity index (χ1n) is 7.56. The highest BCUT2D eigenvalue weighted by Gasteiger charge is 2.11. The van der Waals surface area contributed by atoms with Gasteiger partial charge in [-0.25, -0.2) is 9.37 Å². The Morgan fingerprint density at radius 3 is 2.65 bits per heavy atom. The first kappa shape index (κ1) is 18.2. The fourth-order valence-corrected chi connectivity index (χ4v) is 3.28. The normalized spacial score (nSPS) is 10.4. The maximum atomic E-state index is 13.0. The summed E-state index contributed by atoms with van der Waals surface area (Å²) in [5.74, 6) is -1.04. The van der Waals surface area contributed by atoms with Gasteiger partial charge in [-0.1, -0.05) is 22.0 Å². The Hall–Kier alpha value is -2.58. The lowest BCUT2D eigenvalue weighted by Crippen LogP contribution is -2.32. The Labute approximate surface area is 161 Å². The number of rotatable bonds is 5. The van der Waals surface area contributed by atoms with E-state index in [1.807, 2.05) is 6.07 Å². The third-order valence-corrected chi connectivity index (χ3v) is 4.64. The molecule has 1 heterocycles. The molecule has 0 saturated heterocycles. The number of carbonyl (C=O) groups excluding carboxylic acids is 2. The average Bonchev–Trinajstić information content (AvgIpc) is 3.08. The van der Waals surface area contributed by atoms with Crippen LogP contribution in [0.25, 0.3) is 11.3 Å². The van der Waals surface area contributed by atoms with Crippen LogP contribution in [0.5, 0.6) is 0 Å². The van der Waals surface area contributed by atoms with Gasteiger partial charge in [0.2, 0.25) is 5.91 Å². The first-order chi connectivity index (χ1) is 12.5.